The van der Waals surface area contributed by atoms with E-state index in [4.69, 9.17) is 9.26 Å². The van der Waals surface area contributed by atoms with E-state index in [-0.39, 0.29) is 18.0 Å². The quantitative estimate of drug-likeness (QED) is 0.487. The van der Waals surface area contributed by atoms with Gasteiger partial charge in [0.05, 0.1) is 11.3 Å². The van der Waals surface area contributed by atoms with E-state index >= 15 is 0 Å². The lowest BCUT2D eigenvalue weighted by Gasteiger charge is -2.32. The van der Waals surface area contributed by atoms with Crippen LogP contribution in [0.5, 0.6) is 0 Å². The number of carbonyl (C=O) groups is 2. The average Bonchev–Trinajstić information content (AvgIpc) is 3.04. The van der Waals surface area contributed by atoms with Crippen LogP contribution in [0, 0.1) is 6.92 Å². The van der Waals surface area contributed by atoms with E-state index in [1.165, 1.54) is 11.8 Å². The van der Waals surface area contributed by atoms with Crippen molar-refractivity contribution in [2.45, 2.75) is 70.5 Å². The Bertz CT molecular complexity index is 811. The molecule has 0 aliphatic carbocycles. The van der Waals surface area contributed by atoms with Gasteiger partial charge < -0.3 is 14.2 Å². The highest BCUT2D eigenvalue weighted by Crippen LogP contribution is 2.25. The van der Waals surface area contributed by atoms with Crippen molar-refractivity contribution in [2.75, 3.05) is 0 Å². The van der Waals surface area contributed by atoms with Crippen molar-refractivity contribution in [3.63, 3.8) is 0 Å². The molecule has 0 saturated carbocycles. The van der Waals surface area contributed by atoms with Crippen molar-refractivity contribution >= 4 is 23.6 Å². The summed E-state index contributed by atoms with van der Waals surface area (Å²) in [7, 11) is 0. The van der Waals surface area contributed by atoms with Gasteiger partial charge in [-0.3, -0.25) is 4.79 Å². The highest BCUT2D eigenvalue weighted by molar-refractivity contribution is 7.98. The molecule has 0 radical (unpaired) electrons. The molecule has 0 bridgehead atoms. The first-order valence-corrected chi connectivity index (χ1v) is 10.2. The van der Waals surface area contributed by atoms with Crippen molar-refractivity contribution < 1.29 is 18.8 Å². The van der Waals surface area contributed by atoms with Gasteiger partial charge in [0.1, 0.15) is 10.8 Å². The zero-order valence-corrected chi connectivity index (χ0v) is 17.9. The standard InChI is InChI=1S/C20H27N3O4S/c1-12(2)23(13(3)4)19(24)15(6)26-20(25)17-8-7-9-21-18(17)28-11-16-10-14(5)27-22-16/h7-10,12-13,15H,11H2,1-6H3/t15-/m0/s1. The summed E-state index contributed by atoms with van der Waals surface area (Å²) in [4.78, 5) is 31.4. The largest absolute Gasteiger partial charge is 0.449 e. The summed E-state index contributed by atoms with van der Waals surface area (Å²) in [5, 5.41) is 4.46. The maximum atomic E-state index is 12.7. The summed E-state index contributed by atoms with van der Waals surface area (Å²) >= 11 is 1.36. The number of rotatable bonds is 8. The van der Waals surface area contributed by atoms with E-state index in [1.54, 1.807) is 30.2 Å². The molecule has 0 aliphatic rings. The molecule has 2 aromatic heterocycles. The molecule has 152 valence electrons. The van der Waals surface area contributed by atoms with Gasteiger partial charge in [0.2, 0.25) is 0 Å². The molecule has 2 aromatic rings. The van der Waals surface area contributed by atoms with Crippen LogP contribution in [0.15, 0.2) is 33.9 Å². The smallest absolute Gasteiger partial charge is 0.341 e. The molecule has 8 heteroatoms. The Balaban J connectivity index is 2.08. The Morgan fingerprint density at radius 3 is 2.46 bits per heavy atom. The third-order valence-electron chi connectivity index (χ3n) is 4.02. The summed E-state index contributed by atoms with van der Waals surface area (Å²) in [6, 6.07) is 5.18. The van der Waals surface area contributed by atoms with Gasteiger partial charge in [-0.05, 0) is 53.7 Å². The average molecular weight is 406 g/mol. The number of ether oxygens (including phenoxy) is 1. The van der Waals surface area contributed by atoms with E-state index in [9.17, 15) is 9.59 Å². The van der Waals surface area contributed by atoms with E-state index < -0.39 is 12.1 Å². The molecule has 0 aromatic carbocycles. The molecule has 0 spiro atoms. The summed E-state index contributed by atoms with van der Waals surface area (Å²) in [6.07, 6.45) is 0.731. The highest BCUT2D eigenvalue weighted by atomic mass is 32.2. The molecular weight excluding hydrogens is 378 g/mol. The lowest BCUT2D eigenvalue weighted by atomic mass is 10.2. The van der Waals surface area contributed by atoms with Gasteiger partial charge in [-0.15, -0.1) is 0 Å². The van der Waals surface area contributed by atoms with Crippen LogP contribution in [-0.4, -0.2) is 45.1 Å². The maximum absolute atomic E-state index is 12.7. The van der Waals surface area contributed by atoms with Crippen LogP contribution in [0.2, 0.25) is 0 Å². The summed E-state index contributed by atoms with van der Waals surface area (Å²) in [5.41, 5.74) is 1.09. The number of hydrogen-bond donors (Lipinski definition) is 0. The lowest BCUT2D eigenvalue weighted by Crippen LogP contribution is -2.47. The molecule has 0 unspecified atom stereocenters. The van der Waals surface area contributed by atoms with Gasteiger partial charge in [0.25, 0.3) is 5.91 Å². The molecule has 0 N–H and O–H groups in total. The predicted molar refractivity (Wildman–Crippen MR) is 107 cm³/mol. The predicted octanol–water partition coefficient (Wildman–Crippen LogP) is 3.86. The molecule has 2 rings (SSSR count). The number of aromatic nitrogens is 2. The Hall–Kier alpha value is -2.35. The Labute approximate surface area is 169 Å². The number of thioether (sulfide) groups is 1. The Kier molecular flexibility index (Phi) is 7.62. The third-order valence-corrected chi connectivity index (χ3v) is 5.06. The monoisotopic (exact) mass is 405 g/mol. The molecule has 0 saturated heterocycles. The molecule has 28 heavy (non-hydrogen) atoms. The fourth-order valence-corrected chi connectivity index (χ4v) is 3.74. The second-order valence-corrected chi connectivity index (χ2v) is 8.02. The summed E-state index contributed by atoms with van der Waals surface area (Å²) in [5.74, 6) is 0.454. The minimum absolute atomic E-state index is 0.0177. The number of aryl methyl sites for hydroxylation is 1. The minimum atomic E-state index is -0.881. The van der Waals surface area contributed by atoms with E-state index in [0.29, 0.717) is 16.3 Å². The van der Waals surface area contributed by atoms with Gasteiger partial charge in [0, 0.05) is 30.1 Å². The second-order valence-electron chi connectivity index (χ2n) is 7.05. The molecule has 0 aliphatic heterocycles. The van der Waals surface area contributed by atoms with Crippen LogP contribution in [0.1, 0.15) is 56.4 Å². The van der Waals surface area contributed by atoms with Crippen LogP contribution in [0.4, 0.5) is 0 Å². The molecule has 1 atom stereocenters. The minimum Gasteiger partial charge on any atom is -0.449 e. The van der Waals surface area contributed by atoms with E-state index in [2.05, 4.69) is 10.1 Å². The van der Waals surface area contributed by atoms with E-state index in [1.807, 2.05) is 40.7 Å². The number of hydrogen-bond acceptors (Lipinski definition) is 7. The number of nitrogens with zero attached hydrogens (tertiary/aromatic N) is 3. The fraction of sp³-hybridized carbons (Fsp3) is 0.500. The van der Waals surface area contributed by atoms with Crippen LogP contribution in [0.3, 0.4) is 0 Å². The Morgan fingerprint density at radius 1 is 1.21 bits per heavy atom. The number of esters is 1. The van der Waals surface area contributed by atoms with Gasteiger partial charge in [0.15, 0.2) is 6.10 Å². The van der Waals surface area contributed by atoms with Crippen LogP contribution < -0.4 is 0 Å². The maximum Gasteiger partial charge on any atom is 0.341 e. The molecule has 1 amide bonds. The van der Waals surface area contributed by atoms with Gasteiger partial charge in [-0.2, -0.15) is 0 Å². The first kappa shape index (κ1) is 21.9. The number of amides is 1. The third kappa shape index (κ3) is 5.58. The zero-order chi connectivity index (χ0) is 20.8. The van der Waals surface area contributed by atoms with Crippen molar-refractivity contribution in [1.82, 2.24) is 15.0 Å². The highest BCUT2D eigenvalue weighted by Gasteiger charge is 2.28. The fourth-order valence-electron chi connectivity index (χ4n) is 2.88. The molecular formula is C20H27N3O4S. The Morgan fingerprint density at radius 2 is 1.89 bits per heavy atom. The summed E-state index contributed by atoms with van der Waals surface area (Å²) in [6.45, 7) is 11.2. The SMILES string of the molecule is Cc1cc(CSc2ncccc2C(=O)O[C@@H](C)C(=O)N(C(C)C)C(C)C)no1. The van der Waals surface area contributed by atoms with Crippen molar-refractivity contribution in [1.29, 1.82) is 0 Å². The van der Waals surface area contributed by atoms with Crippen molar-refractivity contribution in [2.24, 2.45) is 0 Å². The van der Waals surface area contributed by atoms with Crippen LogP contribution in [-0.2, 0) is 15.3 Å². The zero-order valence-electron chi connectivity index (χ0n) is 17.1. The molecule has 2 heterocycles. The van der Waals surface area contributed by atoms with Crippen LogP contribution >= 0.6 is 11.8 Å². The van der Waals surface area contributed by atoms with E-state index in [0.717, 1.165) is 11.5 Å². The van der Waals surface area contributed by atoms with Crippen LogP contribution in [0.25, 0.3) is 0 Å². The van der Waals surface area contributed by atoms with Gasteiger partial charge in [-0.1, -0.05) is 16.9 Å². The number of carbonyl (C=O) groups excluding carboxylic acids is 2. The first-order chi connectivity index (χ1) is 13.2. The first-order valence-electron chi connectivity index (χ1n) is 9.23. The van der Waals surface area contributed by atoms with Crippen molar-refractivity contribution in [3.05, 3.63) is 41.4 Å². The molecule has 0 fully saturated rings. The molecule has 7 nitrogen and oxygen atoms in total. The number of pyridine rings is 1. The van der Waals surface area contributed by atoms with Gasteiger partial charge in [-0.25, -0.2) is 9.78 Å². The second kappa shape index (κ2) is 9.73. The lowest BCUT2D eigenvalue weighted by molar-refractivity contribution is -0.143. The van der Waals surface area contributed by atoms with Gasteiger partial charge >= 0.3 is 5.97 Å². The van der Waals surface area contributed by atoms with Crippen molar-refractivity contribution in [3.8, 4) is 0 Å². The summed E-state index contributed by atoms with van der Waals surface area (Å²) < 4.78 is 10.5. The normalized spacial score (nSPS) is 12.3. The topological polar surface area (TPSA) is 85.5 Å².